The fraction of sp³-hybridized carbons (Fsp3) is 0.417. The van der Waals surface area contributed by atoms with Crippen molar-refractivity contribution in [2.45, 2.75) is 33.4 Å². The number of methoxy groups -OCH3 is 1. The van der Waals surface area contributed by atoms with Gasteiger partial charge >= 0.3 is 0 Å². The summed E-state index contributed by atoms with van der Waals surface area (Å²) in [6, 6.07) is 11.9. The monoisotopic (exact) mass is 429 g/mol. The summed E-state index contributed by atoms with van der Waals surface area (Å²) in [5, 5.41) is 2.93. The van der Waals surface area contributed by atoms with E-state index < -0.39 is 0 Å². The van der Waals surface area contributed by atoms with Crippen molar-refractivity contribution in [1.82, 2.24) is 4.90 Å². The van der Waals surface area contributed by atoms with Crippen molar-refractivity contribution in [3.05, 3.63) is 59.4 Å². The third-order valence-electron chi connectivity index (χ3n) is 4.68. The van der Waals surface area contributed by atoms with Gasteiger partial charge in [-0.1, -0.05) is 26.0 Å². The maximum absolute atomic E-state index is 13.7. The molecule has 0 fully saturated rings. The second-order valence-corrected chi connectivity index (χ2v) is 8.20. The lowest BCUT2D eigenvalue weighted by atomic mass is 10.1. The summed E-state index contributed by atoms with van der Waals surface area (Å²) in [6.45, 7) is 4.45. The molecule has 0 spiro atoms. The highest BCUT2D eigenvalue weighted by Crippen LogP contribution is 2.26. The molecule has 0 unspecified atom stereocenters. The topological polar surface area (TPSA) is 61.9 Å². The maximum Gasteiger partial charge on any atom is 0.249 e. The van der Waals surface area contributed by atoms with Gasteiger partial charge in [-0.05, 0) is 47.4 Å². The Balaban J connectivity index is 2.32. The van der Waals surface area contributed by atoms with Gasteiger partial charge in [-0.25, -0.2) is 4.39 Å². The number of rotatable bonds is 10. The van der Waals surface area contributed by atoms with Crippen LogP contribution in [0.5, 0.6) is 0 Å². The van der Waals surface area contributed by atoms with Crippen molar-refractivity contribution < 1.29 is 18.7 Å². The molecule has 0 aromatic heterocycles. The summed E-state index contributed by atoms with van der Waals surface area (Å²) >= 11 is 0. The lowest BCUT2D eigenvalue weighted by Gasteiger charge is -2.26. The molecule has 1 N–H and O–H groups in total. The van der Waals surface area contributed by atoms with Crippen LogP contribution in [0.25, 0.3) is 0 Å². The second kappa shape index (κ2) is 11.5. The van der Waals surface area contributed by atoms with Crippen molar-refractivity contribution in [3.8, 4) is 0 Å². The Hall–Kier alpha value is -2.93. The van der Waals surface area contributed by atoms with E-state index in [1.165, 1.54) is 19.2 Å². The van der Waals surface area contributed by atoms with Crippen LogP contribution in [0.4, 0.5) is 15.8 Å². The van der Waals surface area contributed by atoms with Crippen LogP contribution in [0, 0.1) is 11.7 Å². The van der Waals surface area contributed by atoms with Crippen molar-refractivity contribution in [2.75, 3.05) is 38.0 Å². The van der Waals surface area contributed by atoms with Crippen LogP contribution in [-0.4, -0.2) is 44.5 Å². The van der Waals surface area contributed by atoms with Crippen LogP contribution in [0.3, 0.4) is 0 Å². The third kappa shape index (κ3) is 7.68. The Kier molecular flexibility index (Phi) is 9.00. The molecule has 2 rings (SSSR count). The van der Waals surface area contributed by atoms with Crippen molar-refractivity contribution in [2.24, 2.45) is 5.92 Å². The molecule has 0 saturated heterocycles. The van der Waals surface area contributed by atoms with Crippen LogP contribution in [-0.2, 0) is 27.4 Å². The van der Waals surface area contributed by atoms with Gasteiger partial charge in [0.15, 0.2) is 0 Å². The molecule has 0 saturated carbocycles. The van der Waals surface area contributed by atoms with Crippen LogP contribution in [0.15, 0.2) is 42.5 Å². The van der Waals surface area contributed by atoms with E-state index in [4.69, 9.17) is 4.74 Å². The number of carbonyl (C=O) groups excluding carboxylic acids is 2. The Morgan fingerprint density at radius 1 is 1.10 bits per heavy atom. The fourth-order valence-corrected chi connectivity index (χ4v) is 3.32. The van der Waals surface area contributed by atoms with Gasteiger partial charge < -0.3 is 19.9 Å². The molecular formula is C24H32FN3O3. The molecule has 0 radical (unpaired) electrons. The van der Waals surface area contributed by atoms with Crippen molar-refractivity contribution in [1.29, 1.82) is 0 Å². The van der Waals surface area contributed by atoms with E-state index in [0.717, 1.165) is 11.3 Å². The maximum atomic E-state index is 13.7. The van der Waals surface area contributed by atoms with Gasteiger partial charge in [0.05, 0.1) is 0 Å². The molecule has 2 amide bonds. The molecule has 168 valence electrons. The number of benzene rings is 2. The van der Waals surface area contributed by atoms with Gasteiger partial charge in [-0.2, -0.15) is 0 Å². The van der Waals surface area contributed by atoms with E-state index in [1.54, 1.807) is 17.0 Å². The first-order valence-electron chi connectivity index (χ1n) is 10.3. The van der Waals surface area contributed by atoms with Crippen LogP contribution >= 0.6 is 0 Å². The first-order chi connectivity index (χ1) is 14.7. The van der Waals surface area contributed by atoms with Gasteiger partial charge in [-0.15, -0.1) is 0 Å². The van der Waals surface area contributed by atoms with Gasteiger partial charge in [0.1, 0.15) is 12.4 Å². The van der Waals surface area contributed by atoms with Crippen molar-refractivity contribution in [3.63, 3.8) is 0 Å². The smallest absolute Gasteiger partial charge is 0.249 e. The Bertz CT molecular complexity index is 899. The minimum absolute atomic E-state index is 0.0503. The quantitative estimate of drug-likeness (QED) is 0.619. The summed E-state index contributed by atoms with van der Waals surface area (Å²) in [5.74, 6) is -0.342. The number of hydrogen-bond donors (Lipinski definition) is 1. The first kappa shape index (κ1) is 24.3. The Morgan fingerprint density at radius 3 is 2.45 bits per heavy atom. The van der Waals surface area contributed by atoms with Gasteiger partial charge in [0.2, 0.25) is 11.8 Å². The van der Waals surface area contributed by atoms with Crippen molar-refractivity contribution >= 4 is 23.2 Å². The predicted molar refractivity (Wildman–Crippen MR) is 121 cm³/mol. The predicted octanol–water partition coefficient (Wildman–Crippen LogP) is 4.05. The minimum Gasteiger partial charge on any atom is -0.377 e. The van der Waals surface area contributed by atoms with E-state index in [1.807, 2.05) is 51.0 Å². The van der Waals surface area contributed by atoms with E-state index >= 15 is 0 Å². The largest absolute Gasteiger partial charge is 0.377 e. The second-order valence-electron chi connectivity index (χ2n) is 8.20. The fourth-order valence-electron chi connectivity index (χ4n) is 3.32. The Morgan fingerprint density at radius 2 is 1.84 bits per heavy atom. The number of ether oxygens (including phenoxy) is 1. The van der Waals surface area contributed by atoms with Gasteiger partial charge in [0, 0.05) is 52.1 Å². The molecule has 0 bridgehead atoms. The number of hydrogen-bond acceptors (Lipinski definition) is 4. The number of nitrogens with zero attached hydrogens (tertiary/aromatic N) is 2. The normalized spacial score (nSPS) is 10.8. The summed E-state index contributed by atoms with van der Waals surface area (Å²) in [7, 11) is 5.31. The van der Waals surface area contributed by atoms with Gasteiger partial charge in [-0.3, -0.25) is 9.59 Å². The third-order valence-corrected chi connectivity index (χ3v) is 4.68. The molecule has 2 aromatic rings. The standard InChI is InChI=1S/C24H32FN3O3/c1-17(2)11-23(29)26-21-9-10-22(27(3)4)19(13-21)15-28(24(30)16-31-5)14-18-7-6-8-20(25)12-18/h6-10,12-13,17H,11,14-16H2,1-5H3,(H,26,29). The number of anilines is 2. The number of halogens is 1. The molecule has 7 heteroatoms. The summed E-state index contributed by atoms with van der Waals surface area (Å²) in [6.07, 6.45) is 0.433. The SMILES string of the molecule is COCC(=O)N(Cc1cccc(F)c1)Cc1cc(NC(=O)CC(C)C)ccc1N(C)C. The van der Waals surface area contributed by atoms with E-state index in [0.29, 0.717) is 24.2 Å². The summed E-state index contributed by atoms with van der Waals surface area (Å²) in [5.41, 5.74) is 3.16. The number of amides is 2. The van der Waals surface area contributed by atoms with E-state index in [2.05, 4.69) is 5.32 Å². The molecule has 0 aliphatic carbocycles. The zero-order valence-electron chi connectivity index (χ0n) is 18.9. The van der Waals surface area contributed by atoms with Gasteiger partial charge in [0.25, 0.3) is 0 Å². The summed E-state index contributed by atoms with van der Waals surface area (Å²) in [4.78, 5) is 28.5. The molecule has 0 atom stereocenters. The lowest BCUT2D eigenvalue weighted by molar-refractivity contribution is -0.136. The minimum atomic E-state index is -0.347. The van der Waals surface area contributed by atoms with Crippen LogP contribution in [0.2, 0.25) is 0 Å². The molecule has 6 nitrogen and oxygen atoms in total. The number of nitrogens with one attached hydrogen (secondary N) is 1. The number of carbonyl (C=O) groups is 2. The van der Waals surface area contributed by atoms with E-state index in [-0.39, 0.29) is 36.7 Å². The van der Waals surface area contributed by atoms with Crippen LogP contribution < -0.4 is 10.2 Å². The highest BCUT2D eigenvalue weighted by molar-refractivity contribution is 5.91. The lowest BCUT2D eigenvalue weighted by Crippen LogP contribution is -2.33. The Labute approximate surface area is 184 Å². The molecular weight excluding hydrogens is 397 g/mol. The molecule has 0 heterocycles. The molecule has 31 heavy (non-hydrogen) atoms. The molecule has 0 aliphatic heterocycles. The van der Waals surface area contributed by atoms with E-state index in [9.17, 15) is 14.0 Å². The van der Waals surface area contributed by atoms with Crippen LogP contribution in [0.1, 0.15) is 31.4 Å². The molecule has 2 aromatic carbocycles. The molecule has 0 aliphatic rings. The highest BCUT2D eigenvalue weighted by atomic mass is 19.1. The highest BCUT2D eigenvalue weighted by Gasteiger charge is 2.18. The zero-order chi connectivity index (χ0) is 23.0. The average Bonchev–Trinajstić information content (AvgIpc) is 2.67. The first-order valence-corrected chi connectivity index (χ1v) is 10.3. The summed E-state index contributed by atoms with van der Waals surface area (Å²) < 4.78 is 18.7. The zero-order valence-corrected chi connectivity index (χ0v) is 18.9. The average molecular weight is 430 g/mol.